The van der Waals surface area contributed by atoms with Gasteiger partial charge in [0.2, 0.25) is 0 Å². The Kier molecular flexibility index (Phi) is 4.77. The van der Waals surface area contributed by atoms with Crippen LogP contribution in [-0.2, 0) is 9.53 Å². The summed E-state index contributed by atoms with van der Waals surface area (Å²) in [6.07, 6.45) is 5.72. The van der Waals surface area contributed by atoms with Gasteiger partial charge in [-0.1, -0.05) is 36.4 Å². The van der Waals surface area contributed by atoms with Gasteiger partial charge in [-0.05, 0) is 35.4 Å². The molecule has 0 saturated heterocycles. The van der Waals surface area contributed by atoms with E-state index < -0.39 is 5.97 Å². The van der Waals surface area contributed by atoms with Crippen LogP contribution in [0.4, 0.5) is 0 Å². The van der Waals surface area contributed by atoms with Crippen LogP contribution < -0.4 is 0 Å². The number of hydrogen-bond donors (Lipinski definition) is 2. The molecule has 0 atom stereocenters. The molecule has 0 aliphatic carbocycles. The average Bonchev–Trinajstić information content (AvgIpc) is 2.49. The van der Waals surface area contributed by atoms with Crippen LogP contribution in [0.1, 0.15) is 11.1 Å². The fourth-order valence-electron chi connectivity index (χ4n) is 1.59. The second-order valence-electron chi connectivity index (χ2n) is 4.23. The largest absolute Gasteiger partial charge is 0.504 e. The molecule has 0 fully saturated rings. The maximum atomic E-state index is 11.5. The molecule has 0 amide bonds. The topological polar surface area (TPSA) is 66.8 Å². The molecule has 0 bridgehead atoms. The minimum atomic E-state index is -0.533. The van der Waals surface area contributed by atoms with Crippen molar-refractivity contribution in [3.63, 3.8) is 0 Å². The van der Waals surface area contributed by atoms with Gasteiger partial charge in [-0.25, -0.2) is 4.79 Å². The molecule has 21 heavy (non-hydrogen) atoms. The monoisotopic (exact) mass is 282 g/mol. The molecular weight excluding hydrogens is 268 g/mol. The third-order valence-electron chi connectivity index (χ3n) is 2.66. The number of rotatable bonds is 4. The van der Waals surface area contributed by atoms with Gasteiger partial charge in [0.15, 0.2) is 11.5 Å². The number of hydrogen-bond acceptors (Lipinski definition) is 4. The van der Waals surface area contributed by atoms with Crippen molar-refractivity contribution in [3.8, 4) is 11.5 Å². The molecule has 0 spiro atoms. The molecule has 2 rings (SSSR count). The van der Waals surface area contributed by atoms with E-state index >= 15 is 0 Å². The lowest BCUT2D eigenvalue weighted by Crippen LogP contribution is -1.93. The molecule has 0 aromatic heterocycles. The van der Waals surface area contributed by atoms with Crippen molar-refractivity contribution in [3.05, 3.63) is 72.0 Å². The van der Waals surface area contributed by atoms with Crippen LogP contribution in [0.3, 0.4) is 0 Å². The molecular formula is C17H14O4. The molecule has 0 radical (unpaired) electrons. The summed E-state index contributed by atoms with van der Waals surface area (Å²) in [4.78, 5) is 11.5. The number of carbonyl (C=O) groups is 1. The zero-order valence-electron chi connectivity index (χ0n) is 11.1. The van der Waals surface area contributed by atoms with E-state index in [9.17, 15) is 15.0 Å². The Balaban J connectivity index is 1.91. The summed E-state index contributed by atoms with van der Waals surface area (Å²) in [5.74, 6) is -0.982. The van der Waals surface area contributed by atoms with Gasteiger partial charge in [0.05, 0.1) is 6.26 Å². The Morgan fingerprint density at radius 3 is 2.38 bits per heavy atom. The second kappa shape index (κ2) is 6.96. The summed E-state index contributed by atoms with van der Waals surface area (Å²) < 4.78 is 4.90. The van der Waals surface area contributed by atoms with Crippen molar-refractivity contribution in [2.24, 2.45) is 0 Å². The van der Waals surface area contributed by atoms with Crippen LogP contribution in [0.15, 0.2) is 60.9 Å². The minimum Gasteiger partial charge on any atom is -0.504 e. The lowest BCUT2D eigenvalue weighted by atomic mass is 10.2. The molecule has 0 aliphatic rings. The van der Waals surface area contributed by atoms with Gasteiger partial charge in [-0.15, -0.1) is 0 Å². The highest BCUT2D eigenvalue weighted by Crippen LogP contribution is 2.25. The zero-order chi connectivity index (χ0) is 15.1. The van der Waals surface area contributed by atoms with Gasteiger partial charge in [0, 0.05) is 6.08 Å². The van der Waals surface area contributed by atoms with E-state index in [2.05, 4.69) is 0 Å². The molecule has 2 N–H and O–H groups in total. The van der Waals surface area contributed by atoms with Gasteiger partial charge in [-0.3, -0.25) is 0 Å². The third-order valence-corrected chi connectivity index (χ3v) is 2.66. The standard InChI is InChI=1S/C17H14O4/c18-15-8-6-14(12-16(15)19)7-9-17(20)21-11-10-13-4-2-1-3-5-13/h1-12,18-19H/b9-7+,11-10?. The third kappa shape index (κ3) is 4.54. The van der Waals surface area contributed by atoms with Crippen molar-refractivity contribution in [1.82, 2.24) is 0 Å². The van der Waals surface area contributed by atoms with E-state index in [4.69, 9.17) is 4.74 Å². The molecule has 0 heterocycles. The molecule has 4 nitrogen and oxygen atoms in total. The Morgan fingerprint density at radius 2 is 1.67 bits per heavy atom. The predicted octanol–water partition coefficient (Wildman–Crippen LogP) is 3.33. The van der Waals surface area contributed by atoms with E-state index in [1.165, 1.54) is 30.5 Å². The predicted molar refractivity (Wildman–Crippen MR) is 80.4 cm³/mol. The van der Waals surface area contributed by atoms with Crippen LogP contribution >= 0.6 is 0 Å². The van der Waals surface area contributed by atoms with Gasteiger partial charge in [0.1, 0.15) is 0 Å². The molecule has 0 unspecified atom stereocenters. The van der Waals surface area contributed by atoms with Crippen LogP contribution in [-0.4, -0.2) is 16.2 Å². The fourth-order valence-corrected chi connectivity index (χ4v) is 1.59. The molecule has 4 heteroatoms. The number of phenolic OH excluding ortho intramolecular Hbond substituents is 2. The van der Waals surface area contributed by atoms with Crippen molar-refractivity contribution < 1.29 is 19.7 Å². The summed E-state index contributed by atoms with van der Waals surface area (Å²) in [6.45, 7) is 0. The van der Waals surface area contributed by atoms with Crippen LogP contribution in [0, 0.1) is 0 Å². The summed E-state index contributed by atoms with van der Waals surface area (Å²) in [5.41, 5.74) is 1.51. The number of benzene rings is 2. The summed E-state index contributed by atoms with van der Waals surface area (Å²) in [6, 6.07) is 13.7. The lowest BCUT2D eigenvalue weighted by Gasteiger charge is -1.98. The molecule has 0 aliphatic heterocycles. The fraction of sp³-hybridized carbons (Fsp3) is 0. The van der Waals surface area contributed by atoms with Crippen molar-refractivity contribution in [2.45, 2.75) is 0 Å². The van der Waals surface area contributed by atoms with Gasteiger partial charge in [-0.2, -0.15) is 0 Å². The summed E-state index contributed by atoms with van der Waals surface area (Å²) in [7, 11) is 0. The SMILES string of the molecule is O=C(/C=C/c1ccc(O)c(O)c1)OC=Cc1ccccc1. The highest BCUT2D eigenvalue weighted by molar-refractivity contribution is 5.87. The first kappa shape index (κ1) is 14.4. The molecule has 2 aromatic rings. The first-order valence-electron chi connectivity index (χ1n) is 6.27. The maximum absolute atomic E-state index is 11.5. The van der Waals surface area contributed by atoms with Crippen LogP contribution in [0.25, 0.3) is 12.2 Å². The number of phenols is 2. The number of ether oxygens (including phenoxy) is 1. The Hall–Kier alpha value is -3.01. The van der Waals surface area contributed by atoms with E-state index in [1.807, 2.05) is 30.3 Å². The molecule has 106 valence electrons. The Morgan fingerprint density at radius 1 is 0.905 bits per heavy atom. The van der Waals surface area contributed by atoms with Gasteiger partial charge < -0.3 is 14.9 Å². The number of carbonyl (C=O) groups excluding carboxylic acids is 1. The first-order chi connectivity index (χ1) is 10.1. The number of aromatic hydroxyl groups is 2. The first-order valence-corrected chi connectivity index (χ1v) is 6.27. The van der Waals surface area contributed by atoms with Crippen molar-refractivity contribution in [1.29, 1.82) is 0 Å². The van der Waals surface area contributed by atoms with Gasteiger partial charge >= 0.3 is 5.97 Å². The maximum Gasteiger partial charge on any atom is 0.335 e. The normalized spacial score (nSPS) is 11.0. The van der Waals surface area contributed by atoms with E-state index in [1.54, 1.807) is 12.1 Å². The quantitative estimate of drug-likeness (QED) is 0.391. The minimum absolute atomic E-state index is 0.208. The smallest absolute Gasteiger partial charge is 0.335 e. The van der Waals surface area contributed by atoms with E-state index in [-0.39, 0.29) is 11.5 Å². The highest BCUT2D eigenvalue weighted by Gasteiger charge is 1.99. The number of esters is 1. The summed E-state index contributed by atoms with van der Waals surface area (Å²) >= 11 is 0. The van der Waals surface area contributed by atoms with Crippen LogP contribution in [0.5, 0.6) is 11.5 Å². The lowest BCUT2D eigenvalue weighted by molar-refractivity contribution is -0.132. The molecule has 0 saturated carbocycles. The second-order valence-corrected chi connectivity index (χ2v) is 4.23. The van der Waals surface area contributed by atoms with Crippen LogP contribution in [0.2, 0.25) is 0 Å². The summed E-state index contributed by atoms with van der Waals surface area (Å²) in [5, 5.41) is 18.5. The van der Waals surface area contributed by atoms with Gasteiger partial charge in [0.25, 0.3) is 0 Å². The van der Waals surface area contributed by atoms with E-state index in [0.717, 1.165) is 5.56 Å². The van der Waals surface area contributed by atoms with Crippen molar-refractivity contribution >= 4 is 18.1 Å². The highest BCUT2D eigenvalue weighted by atomic mass is 16.5. The van der Waals surface area contributed by atoms with E-state index in [0.29, 0.717) is 5.56 Å². The Labute approximate surface area is 122 Å². The van der Waals surface area contributed by atoms with Crippen molar-refractivity contribution in [2.75, 3.05) is 0 Å². The molecule has 2 aromatic carbocycles. The zero-order valence-corrected chi connectivity index (χ0v) is 11.1. The Bertz CT molecular complexity index is 672. The average molecular weight is 282 g/mol.